The molecule has 1 aromatic rings. The van der Waals surface area contributed by atoms with Crippen LogP contribution in [0, 0.1) is 0 Å². The van der Waals surface area contributed by atoms with Crippen molar-refractivity contribution in [1.29, 1.82) is 0 Å². The Morgan fingerprint density at radius 3 is 2.06 bits per heavy atom. The first-order valence-corrected chi connectivity index (χ1v) is 5.33. The predicted octanol–water partition coefficient (Wildman–Crippen LogP) is 0.460. The number of aliphatic hydroxyl groups is 1. The molecule has 7 nitrogen and oxygen atoms in total. The lowest BCUT2D eigenvalue weighted by molar-refractivity contribution is 0.179. The lowest BCUT2D eigenvalue weighted by Gasteiger charge is -2.15. The van der Waals surface area contributed by atoms with Crippen molar-refractivity contribution < 1.29 is 14.6 Å². The molecule has 2 atom stereocenters. The highest BCUT2D eigenvalue weighted by molar-refractivity contribution is 5.28. The standard InChI is InChI=1S/C10H18N4O3/c1-6(5-7(2)15)11-8-12-9(16-3)14-10(13-8)17-4/h6-7,15H,5H2,1-4H3,(H,11,12,13,14). The molecule has 0 aliphatic rings. The summed E-state index contributed by atoms with van der Waals surface area (Å²) in [6.07, 6.45) is 0.208. The summed E-state index contributed by atoms with van der Waals surface area (Å²) in [4.78, 5) is 11.9. The van der Waals surface area contributed by atoms with Gasteiger partial charge >= 0.3 is 12.0 Å². The van der Waals surface area contributed by atoms with Gasteiger partial charge in [0.25, 0.3) is 0 Å². The average Bonchev–Trinajstić information content (AvgIpc) is 2.27. The van der Waals surface area contributed by atoms with Crippen LogP contribution in [0.25, 0.3) is 0 Å². The van der Waals surface area contributed by atoms with Gasteiger partial charge in [-0.1, -0.05) is 0 Å². The van der Waals surface area contributed by atoms with E-state index in [1.165, 1.54) is 14.2 Å². The van der Waals surface area contributed by atoms with Gasteiger partial charge in [0.15, 0.2) is 0 Å². The number of aromatic nitrogens is 3. The zero-order chi connectivity index (χ0) is 12.8. The van der Waals surface area contributed by atoms with Gasteiger partial charge in [-0.2, -0.15) is 9.97 Å². The SMILES string of the molecule is COc1nc(NC(C)CC(C)O)nc(OC)n1. The molecule has 1 rings (SSSR count). The van der Waals surface area contributed by atoms with E-state index < -0.39 is 0 Å². The molecule has 0 fully saturated rings. The molecule has 1 aromatic heterocycles. The number of ether oxygens (including phenoxy) is 2. The van der Waals surface area contributed by atoms with Crippen LogP contribution in [0.15, 0.2) is 0 Å². The van der Waals surface area contributed by atoms with Gasteiger partial charge in [-0.15, -0.1) is 4.98 Å². The second-order valence-electron chi connectivity index (χ2n) is 3.76. The molecule has 0 aliphatic carbocycles. The number of methoxy groups -OCH3 is 2. The van der Waals surface area contributed by atoms with Gasteiger partial charge in [-0.3, -0.25) is 0 Å². The Morgan fingerprint density at radius 1 is 1.12 bits per heavy atom. The minimum absolute atomic E-state index is 0.0341. The summed E-state index contributed by atoms with van der Waals surface area (Å²) >= 11 is 0. The molecular formula is C10H18N4O3. The molecule has 0 radical (unpaired) electrons. The van der Waals surface area contributed by atoms with Crippen LogP contribution in [0.2, 0.25) is 0 Å². The van der Waals surface area contributed by atoms with E-state index in [-0.39, 0.29) is 24.2 Å². The van der Waals surface area contributed by atoms with E-state index >= 15 is 0 Å². The maximum Gasteiger partial charge on any atom is 0.324 e. The Hall–Kier alpha value is -1.63. The van der Waals surface area contributed by atoms with Crippen molar-refractivity contribution in [2.75, 3.05) is 19.5 Å². The van der Waals surface area contributed by atoms with Crippen molar-refractivity contribution in [3.8, 4) is 12.0 Å². The smallest absolute Gasteiger partial charge is 0.324 e. The van der Waals surface area contributed by atoms with E-state index in [0.717, 1.165) is 0 Å². The fraction of sp³-hybridized carbons (Fsp3) is 0.700. The Morgan fingerprint density at radius 2 is 1.65 bits per heavy atom. The Labute approximate surface area is 100 Å². The number of nitrogens with one attached hydrogen (secondary N) is 1. The molecule has 0 saturated heterocycles. The maximum absolute atomic E-state index is 9.26. The second-order valence-corrected chi connectivity index (χ2v) is 3.76. The molecule has 0 saturated carbocycles. The number of anilines is 1. The average molecular weight is 242 g/mol. The highest BCUT2D eigenvalue weighted by Gasteiger charge is 2.11. The molecule has 1 heterocycles. The molecule has 2 N–H and O–H groups in total. The van der Waals surface area contributed by atoms with Gasteiger partial charge in [0.05, 0.1) is 20.3 Å². The van der Waals surface area contributed by atoms with E-state index in [0.29, 0.717) is 12.4 Å². The molecule has 96 valence electrons. The predicted molar refractivity (Wildman–Crippen MR) is 62.3 cm³/mol. The third-order valence-corrected chi connectivity index (χ3v) is 2.03. The first-order chi connectivity index (χ1) is 8.05. The second kappa shape index (κ2) is 6.19. The summed E-state index contributed by atoms with van der Waals surface area (Å²) in [6.45, 7) is 3.65. The summed E-state index contributed by atoms with van der Waals surface area (Å²) in [7, 11) is 2.94. The van der Waals surface area contributed by atoms with Crippen LogP contribution in [0.4, 0.5) is 5.95 Å². The van der Waals surface area contributed by atoms with Crippen LogP contribution in [0.5, 0.6) is 12.0 Å². The fourth-order valence-electron chi connectivity index (χ4n) is 1.38. The molecule has 2 unspecified atom stereocenters. The largest absolute Gasteiger partial charge is 0.467 e. The summed E-state index contributed by atoms with van der Waals surface area (Å²) in [5.74, 6) is 0.363. The third kappa shape index (κ3) is 4.39. The molecule has 0 aromatic carbocycles. The lowest BCUT2D eigenvalue weighted by Crippen LogP contribution is -2.22. The van der Waals surface area contributed by atoms with Gasteiger partial charge in [0.1, 0.15) is 0 Å². The first-order valence-electron chi connectivity index (χ1n) is 5.33. The summed E-state index contributed by atoms with van der Waals surface area (Å²) in [5.41, 5.74) is 0. The molecular weight excluding hydrogens is 224 g/mol. The summed E-state index contributed by atoms with van der Waals surface area (Å²) in [6, 6.07) is 0.402. The molecule has 0 aliphatic heterocycles. The Kier molecular flexibility index (Phi) is 4.89. The fourth-order valence-corrected chi connectivity index (χ4v) is 1.38. The van der Waals surface area contributed by atoms with Crippen LogP contribution in [-0.4, -0.2) is 46.4 Å². The lowest BCUT2D eigenvalue weighted by atomic mass is 10.2. The van der Waals surface area contributed by atoms with Crippen LogP contribution in [-0.2, 0) is 0 Å². The van der Waals surface area contributed by atoms with Crippen LogP contribution >= 0.6 is 0 Å². The quantitative estimate of drug-likeness (QED) is 0.749. The van der Waals surface area contributed by atoms with Gasteiger partial charge in [-0.05, 0) is 20.3 Å². The summed E-state index contributed by atoms with van der Waals surface area (Å²) < 4.78 is 9.86. The zero-order valence-corrected chi connectivity index (χ0v) is 10.5. The minimum atomic E-state index is -0.386. The Bertz CT molecular complexity index is 337. The van der Waals surface area contributed by atoms with E-state index in [1.807, 2.05) is 6.92 Å². The van der Waals surface area contributed by atoms with E-state index in [2.05, 4.69) is 20.3 Å². The number of aliphatic hydroxyl groups excluding tert-OH is 1. The van der Waals surface area contributed by atoms with Gasteiger partial charge in [0.2, 0.25) is 5.95 Å². The van der Waals surface area contributed by atoms with Crippen LogP contribution in [0.3, 0.4) is 0 Å². The number of hydrogen-bond donors (Lipinski definition) is 2. The molecule has 0 bridgehead atoms. The van der Waals surface area contributed by atoms with E-state index in [4.69, 9.17) is 9.47 Å². The number of hydrogen-bond acceptors (Lipinski definition) is 7. The highest BCUT2D eigenvalue weighted by Crippen LogP contribution is 2.13. The molecule has 0 spiro atoms. The highest BCUT2D eigenvalue weighted by atomic mass is 16.5. The normalized spacial score (nSPS) is 13.9. The summed E-state index contributed by atoms with van der Waals surface area (Å²) in [5, 5.41) is 12.3. The van der Waals surface area contributed by atoms with E-state index in [9.17, 15) is 5.11 Å². The van der Waals surface area contributed by atoms with Crippen molar-refractivity contribution in [1.82, 2.24) is 15.0 Å². The van der Waals surface area contributed by atoms with Crippen molar-refractivity contribution in [2.45, 2.75) is 32.4 Å². The zero-order valence-electron chi connectivity index (χ0n) is 10.5. The Balaban J connectivity index is 2.75. The number of nitrogens with zero attached hydrogens (tertiary/aromatic N) is 3. The third-order valence-electron chi connectivity index (χ3n) is 2.03. The monoisotopic (exact) mass is 242 g/mol. The molecule has 0 amide bonds. The molecule has 17 heavy (non-hydrogen) atoms. The van der Waals surface area contributed by atoms with E-state index in [1.54, 1.807) is 6.92 Å². The van der Waals surface area contributed by atoms with Gasteiger partial charge < -0.3 is 19.9 Å². The maximum atomic E-state index is 9.26. The topological polar surface area (TPSA) is 89.4 Å². The van der Waals surface area contributed by atoms with Crippen molar-refractivity contribution in [3.63, 3.8) is 0 Å². The first kappa shape index (κ1) is 13.4. The van der Waals surface area contributed by atoms with Crippen LogP contribution < -0.4 is 14.8 Å². The van der Waals surface area contributed by atoms with Crippen molar-refractivity contribution in [3.05, 3.63) is 0 Å². The van der Waals surface area contributed by atoms with Crippen LogP contribution in [0.1, 0.15) is 20.3 Å². The minimum Gasteiger partial charge on any atom is -0.467 e. The number of rotatable bonds is 6. The van der Waals surface area contributed by atoms with Crippen molar-refractivity contribution in [2.24, 2.45) is 0 Å². The van der Waals surface area contributed by atoms with Gasteiger partial charge in [-0.25, -0.2) is 0 Å². The van der Waals surface area contributed by atoms with Gasteiger partial charge in [0, 0.05) is 6.04 Å². The van der Waals surface area contributed by atoms with Crippen molar-refractivity contribution >= 4 is 5.95 Å². The molecule has 7 heteroatoms.